The molecule has 0 unspecified atom stereocenters. The summed E-state index contributed by atoms with van der Waals surface area (Å²) in [7, 11) is 1.92. The molecule has 0 saturated heterocycles. The van der Waals surface area contributed by atoms with Crippen molar-refractivity contribution < 1.29 is 0 Å². The molecule has 0 bridgehead atoms. The third-order valence-corrected chi connectivity index (χ3v) is 2.61. The summed E-state index contributed by atoms with van der Waals surface area (Å²) in [6.07, 6.45) is 3.86. The van der Waals surface area contributed by atoms with Crippen molar-refractivity contribution in [2.24, 2.45) is 7.05 Å². The topological polar surface area (TPSA) is 42.7 Å². The highest BCUT2D eigenvalue weighted by Gasteiger charge is 1.97. The second kappa shape index (κ2) is 5.23. The van der Waals surface area contributed by atoms with E-state index in [1.807, 2.05) is 37.6 Å². The van der Waals surface area contributed by atoms with Crippen molar-refractivity contribution >= 4 is 15.9 Å². The van der Waals surface area contributed by atoms with Crippen LogP contribution in [-0.4, -0.2) is 14.8 Å². The fourth-order valence-corrected chi connectivity index (χ4v) is 1.83. The lowest BCUT2D eigenvalue weighted by molar-refractivity contribution is 0.677. The molecule has 0 aliphatic rings. The Labute approximate surface area is 103 Å². The summed E-state index contributed by atoms with van der Waals surface area (Å²) in [4.78, 5) is 4.34. The second-order valence-electron chi connectivity index (χ2n) is 3.58. The van der Waals surface area contributed by atoms with Gasteiger partial charge in [0.15, 0.2) is 0 Å². The van der Waals surface area contributed by atoms with E-state index in [0.29, 0.717) is 0 Å². The molecule has 2 aromatic rings. The minimum atomic E-state index is 0.758. The van der Waals surface area contributed by atoms with Crippen molar-refractivity contribution in [3.8, 4) is 0 Å². The number of aromatic nitrogens is 3. The molecular weight excluding hydrogens is 268 g/mol. The van der Waals surface area contributed by atoms with Gasteiger partial charge in [0.25, 0.3) is 0 Å². The van der Waals surface area contributed by atoms with E-state index in [4.69, 9.17) is 0 Å². The van der Waals surface area contributed by atoms with Crippen LogP contribution in [0.3, 0.4) is 0 Å². The first-order valence-electron chi connectivity index (χ1n) is 5.04. The van der Waals surface area contributed by atoms with Gasteiger partial charge in [-0.25, -0.2) is 4.98 Å². The summed E-state index contributed by atoms with van der Waals surface area (Å²) in [5, 5.41) is 7.43. The van der Waals surface area contributed by atoms with Crippen molar-refractivity contribution in [1.82, 2.24) is 20.1 Å². The fourth-order valence-electron chi connectivity index (χ4n) is 1.45. The normalized spacial score (nSPS) is 10.6. The first-order valence-corrected chi connectivity index (χ1v) is 5.83. The Hall–Kier alpha value is -1.20. The second-order valence-corrected chi connectivity index (χ2v) is 4.39. The maximum atomic E-state index is 4.34. The van der Waals surface area contributed by atoms with Gasteiger partial charge < -0.3 is 5.32 Å². The molecule has 0 radical (unpaired) electrons. The van der Waals surface area contributed by atoms with E-state index in [-0.39, 0.29) is 0 Å². The molecule has 2 heterocycles. The van der Waals surface area contributed by atoms with Gasteiger partial charge in [-0.15, -0.1) is 0 Å². The number of rotatable bonds is 4. The fraction of sp³-hybridized carbons (Fsp3) is 0.273. The van der Waals surface area contributed by atoms with Gasteiger partial charge >= 0.3 is 0 Å². The molecule has 2 rings (SSSR count). The molecule has 84 valence electrons. The average molecular weight is 281 g/mol. The van der Waals surface area contributed by atoms with E-state index >= 15 is 0 Å². The van der Waals surface area contributed by atoms with Crippen LogP contribution in [0.5, 0.6) is 0 Å². The molecule has 0 fully saturated rings. The lowest BCUT2D eigenvalue weighted by Crippen LogP contribution is -2.13. The molecule has 1 N–H and O–H groups in total. The van der Waals surface area contributed by atoms with Crippen molar-refractivity contribution in [2.45, 2.75) is 13.1 Å². The lowest BCUT2D eigenvalue weighted by atomic mass is 10.3. The number of hydrogen-bond acceptors (Lipinski definition) is 3. The summed E-state index contributed by atoms with van der Waals surface area (Å²) in [5.41, 5.74) is 2.20. The van der Waals surface area contributed by atoms with E-state index in [1.54, 1.807) is 4.68 Å². The molecular formula is C11H13BrN4. The molecule has 5 heteroatoms. The molecule has 0 spiro atoms. The van der Waals surface area contributed by atoms with Crippen LogP contribution < -0.4 is 5.32 Å². The highest BCUT2D eigenvalue weighted by molar-refractivity contribution is 9.10. The van der Waals surface area contributed by atoms with Crippen LogP contribution in [0.4, 0.5) is 0 Å². The van der Waals surface area contributed by atoms with Gasteiger partial charge in [0.2, 0.25) is 0 Å². The SMILES string of the molecule is Cn1cc(CNCc2cccc(Br)n2)cn1. The molecule has 0 aliphatic carbocycles. The summed E-state index contributed by atoms with van der Waals surface area (Å²) in [6, 6.07) is 5.91. The first kappa shape index (κ1) is 11.3. The molecule has 4 nitrogen and oxygen atoms in total. The Balaban J connectivity index is 1.84. The van der Waals surface area contributed by atoms with Crippen LogP contribution in [0.1, 0.15) is 11.3 Å². The number of nitrogens with zero attached hydrogens (tertiary/aromatic N) is 3. The molecule has 0 amide bonds. The Morgan fingerprint density at radius 2 is 2.25 bits per heavy atom. The highest BCUT2D eigenvalue weighted by Crippen LogP contribution is 2.06. The predicted molar refractivity (Wildman–Crippen MR) is 65.7 cm³/mol. The minimum Gasteiger partial charge on any atom is -0.307 e. The largest absolute Gasteiger partial charge is 0.307 e. The summed E-state index contributed by atoms with van der Waals surface area (Å²) in [5.74, 6) is 0. The van der Waals surface area contributed by atoms with Gasteiger partial charge in [-0.1, -0.05) is 6.07 Å². The number of nitrogens with one attached hydrogen (secondary N) is 1. The molecule has 0 saturated carbocycles. The maximum absolute atomic E-state index is 4.34. The zero-order chi connectivity index (χ0) is 11.4. The van der Waals surface area contributed by atoms with Crippen LogP contribution >= 0.6 is 15.9 Å². The average Bonchev–Trinajstić information content (AvgIpc) is 2.64. The molecule has 0 atom stereocenters. The quantitative estimate of drug-likeness (QED) is 0.870. The Morgan fingerprint density at radius 3 is 2.94 bits per heavy atom. The van der Waals surface area contributed by atoms with E-state index in [9.17, 15) is 0 Å². The van der Waals surface area contributed by atoms with Crippen molar-refractivity contribution in [1.29, 1.82) is 0 Å². The number of pyridine rings is 1. The highest BCUT2D eigenvalue weighted by atomic mass is 79.9. The summed E-state index contributed by atoms with van der Waals surface area (Å²) < 4.78 is 2.67. The monoisotopic (exact) mass is 280 g/mol. The molecule has 2 aromatic heterocycles. The van der Waals surface area contributed by atoms with E-state index in [1.165, 1.54) is 5.56 Å². The molecule has 16 heavy (non-hydrogen) atoms. The standard InChI is InChI=1S/C11H13BrN4/c1-16-8-9(6-14-16)5-13-7-10-3-2-4-11(12)15-10/h2-4,6,8,13H,5,7H2,1H3. The van der Waals surface area contributed by atoms with Gasteiger partial charge in [-0.2, -0.15) is 5.10 Å². The van der Waals surface area contributed by atoms with E-state index in [0.717, 1.165) is 23.4 Å². The smallest absolute Gasteiger partial charge is 0.106 e. The lowest BCUT2D eigenvalue weighted by Gasteiger charge is -2.02. The van der Waals surface area contributed by atoms with Crippen LogP contribution in [0.2, 0.25) is 0 Å². The Morgan fingerprint density at radius 1 is 1.38 bits per heavy atom. The third kappa shape index (κ3) is 3.15. The summed E-state index contributed by atoms with van der Waals surface area (Å²) in [6.45, 7) is 1.57. The number of halogens is 1. The van der Waals surface area contributed by atoms with Gasteiger partial charge in [0, 0.05) is 31.9 Å². The van der Waals surface area contributed by atoms with Crippen LogP contribution in [-0.2, 0) is 20.1 Å². The summed E-state index contributed by atoms with van der Waals surface area (Å²) >= 11 is 3.35. The zero-order valence-corrected chi connectivity index (χ0v) is 10.6. The number of aryl methyl sites for hydroxylation is 1. The van der Waals surface area contributed by atoms with E-state index < -0.39 is 0 Å². The van der Waals surface area contributed by atoms with Gasteiger partial charge in [0.05, 0.1) is 11.9 Å². The van der Waals surface area contributed by atoms with Gasteiger partial charge in [-0.3, -0.25) is 4.68 Å². The first-order chi connectivity index (χ1) is 7.74. The van der Waals surface area contributed by atoms with Crippen LogP contribution in [0.25, 0.3) is 0 Å². The Bertz CT molecular complexity index is 467. The maximum Gasteiger partial charge on any atom is 0.106 e. The Kier molecular flexibility index (Phi) is 3.69. The van der Waals surface area contributed by atoms with Crippen LogP contribution in [0, 0.1) is 0 Å². The van der Waals surface area contributed by atoms with Gasteiger partial charge in [-0.05, 0) is 28.1 Å². The molecule has 0 aliphatic heterocycles. The molecule has 0 aromatic carbocycles. The third-order valence-electron chi connectivity index (χ3n) is 2.17. The minimum absolute atomic E-state index is 0.758. The zero-order valence-electron chi connectivity index (χ0n) is 9.02. The van der Waals surface area contributed by atoms with Crippen molar-refractivity contribution in [3.05, 3.63) is 46.5 Å². The predicted octanol–water partition coefficient (Wildman–Crippen LogP) is 1.87. The van der Waals surface area contributed by atoms with E-state index in [2.05, 4.69) is 31.3 Å². The van der Waals surface area contributed by atoms with Gasteiger partial charge in [0.1, 0.15) is 4.60 Å². The number of hydrogen-bond donors (Lipinski definition) is 1. The van der Waals surface area contributed by atoms with Crippen molar-refractivity contribution in [2.75, 3.05) is 0 Å². The van der Waals surface area contributed by atoms with Crippen LogP contribution in [0.15, 0.2) is 35.2 Å². The van der Waals surface area contributed by atoms with Crippen molar-refractivity contribution in [3.63, 3.8) is 0 Å².